The van der Waals surface area contributed by atoms with Crippen LogP contribution < -0.4 is 5.73 Å². The summed E-state index contributed by atoms with van der Waals surface area (Å²) in [5.41, 5.74) is 6.05. The summed E-state index contributed by atoms with van der Waals surface area (Å²) in [6, 6.07) is 0. The molecule has 1 heterocycles. The third kappa shape index (κ3) is 3.76. The van der Waals surface area contributed by atoms with Crippen molar-refractivity contribution in [2.75, 3.05) is 19.6 Å². The van der Waals surface area contributed by atoms with Crippen molar-refractivity contribution in [1.29, 1.82) is 0 Å². The Bertz CT molecular complexity index is 187. The molecule has 0 spiro atoms. The lowest BCUT2D eigenvalue weighted by Crippen LogP contribution is -2.51. The van der Waals surface area contributed by atoms with E-state index in [9.17, 15) is 0 Å². The summed E-state index contributed by atoms with van der Waals surface area (Å²) in [4.78, 5) is 2.67. The van der Waals surface area contributed by atoms with Gasteiger partial charge in [-0.2, -0.15) is 0 Å². The molecule has 0 radical (unpaired) electrons. The predicted molar refractivity (Wildman–Crippen MR) is 66.9 cm³/mol. The van der Waals surface area contributed by atoms with Crippen LogP contribution in [0.25, 0.3) is 0 Å². The van der Waals surface area contributed by atoms with E-state index in [2.05, 4.69) is 32.6 Å². The van der Waals surface area contributed by atoms with Crippen molar-refractivity contribution in [3.63, 3.8) is 0 Å². The van der Waals surface area contributed by atoms with Gasteiger partial charge in [0.1, 0.15) is 0 Å². The van der Waals surface area contributed by atoms with Crippen LogP contribution in [-0.4, -0.2) is 30.1 Å². The van der Waals surface area contributed by atoms with E-state index in [0.29, 0.717) is 5.54 Å². The van der Waals surface area contributed by atoms with E-state index in [-0.39, 0.29) is 0 Å². The molecule has 1 fully saturated rings. The number of piperidine rings is 1. The minimum atomic E-state index is 0.398. The Morgan fingerprint density at radius 2 is 2.07 bits per heavy atom. The van der Waals surface area contributed by atoms with E-state index in [1.54, 1.807) is 0 Å². The largest absolute Gasteiger partial charge is 0.330 e. The van der Waals surface area contributed by atoms with Gasteiger partial charge in [0.05, 0.1) is 0 Å². The first-order chi connectivity index (χ1) is 6.95. The van der Waals surface area contributed by atoms with E-state index < -0.39 is 0 Å². The minimum Gasteiger partial charge on any atom is -0.330 e. The van der Waals surface area contributed by atoms with Crippen LogP contribution in [0.3, 0.4) is 0 Å². The highest BCUT2D eigenvalue weighted by Crippen LogP contribution is 2.32. The molecular weight excluding hydrogens is 184 g/mol. The molecule has 0 saturated carbocycles. The van der Waals surface area contributed by atoms with Crippen molar-refractivity contribution in [3.05, 3.63) is 0 Å². The molecule has 2 N–H and O–H groups in total. The third-order valence-corrected chi connectivity index (χ3v) is 3.66. The molecule has 1 saturated heterocycles. The molecule has 1 aliphatic rings. The summed E-state index contributed by atoms with van der Waals surface area (Å²) < 4.78 is 0. The van der Waals surface area contributed by atoms with Gasteiger partial charge in [0.2, 0.25) is 0 Å². The number of hydrogen-bond donors (Lipinski definition) is 1. The molecular formula is C13H28N2. The molecule has 15 heavy (non-hydrogen) atoms. The standard InChI is InChI=1S/C13H28N2/c1-11(2)9-15-10-12(6-8-14)5-7-13(15,3)4/h11-12H,5-10,14H2,1-4H3. The van der Waals surface area contributed by atoms with Crippen molar-refractivity contribution < 1.29 is 0 Å². The van der Waals surface area contributed by atoms with Gasteiger partial charge >= 0.3 is 0 Å². The van der Waals surface area contributed by atoms with E-state index in [4.69, 9.17) is 5.73 Å². The quantitative estimate of drug-likeness (QED) is 0.776. The zero-order chi connectivity index (χ0) is 11.5. The second-order valence-electron chi connectivity index (χ2n) is 6.09. The first-order valence-corrected chi connectivity index (χ1v) is 6.41. The Hall–Kier alpha value is -0.0800. The van der Waals surface area contributed by atoms with Gasteiger partial charge in [0.15, 0.2) is 0 Å². The maximum absolute atomic E-state index is 5.66. The highest BCUT2D eigenvalue weighted by atomic mass is 15.2. The average molecular weight is 212 g/mol. The van der Waals surface area contributed by atoms with E-state index >= 15 is 0 Å². The molecule has 0 bridgehead atoms. The summed E-state index contributed by atoms with van der Waals surface area (Å²) in [6.07, 6.45) is 3.88. The van der Waals surface area contributed by atoms with Crippen LogP contribution in [-0.2, 0) is 0 Å². The SMILES string of the molecule is CC(C)CN1CC(CCN)CCC1(C)C. The van der Waals surface area contributed by atoms with Gasteiger partial charge in [-0.05, 0) is 51.5 Å². The second-order valence-corrected chi connectivity index (χ2v) is 6.09. The van der Waals surface area contributed by atoms with Crippen molar-refractivity contribution in [1.82, 2.24) is 4.90 Å². The Morgan fingerprint density at radius 3 is 2.60 bits per heavy atom. The van der Waals surface area contributed by atoms with E-state index in [0.717, 1.165) is 18.4 Å². The topological polar surface area (TPSA) is 29.3 Å². The molecule has 90 valence electrons. The predicted octanol–water partition coefficient (Wildman–Crippen LogP) is 2.48. The summed E-state index contributed by atoms with van der Waals surface area (Å²) in [6.45, 7) is 12.7. The summed E-state index contributed by atoms with van der Waals surface area (Å²) in [5.74, 6) is 1.60. The van der Waals surface area contributed by atoms with Gasteiger partial charge in [-0.15, -0.1) is 0 Å². The van der Waals surface area contributed by atoms with Gasteiger partial charge in [0.25, 0.3) is 0 Å². The normalized spacial score (nSPS) is 27.2. The zero-order valence-electron chi connectivity index (χ0n) is 10.9. The molecule has 1 rings (SSSR count). The van der Waals surface area contributed by atoms with Crippen LogP contribution in [0, 0.1) is 11.8 Å². The van der Waals surface area contributed by atoms with Crippen LogP contribution >= 0.6 is 0 Å². The fraction of sp³-hybridized carbons (Fsp3) is 1.00. The van der Waals surface area contributed by atoms with Crippen LogP contribution in [0.2, 0.25) is 0 Å². The molecule has 0 aromatic carbocycles. The molecule has 0 amide bonds. The lowest BCUT2D eigenvalue weighted by molar-refractivity contribution is 0.0336. The molecule has 1 aliphatic heterocycles. The van der Waals surface area contributed by atoms with Crippen molar-refractivity contribution in [2.24, 2.45) is 17.6 Å². The monoisotopic (exact) mass is 212 g/mol. The average Bonchev–Trinajstić information content (AvgIpc) is 2.11. The van der Waals surface area contributed by atoms with Crippen LogP contribution in [0.5, 0.6) is 0 Å². The summed E-state index contributed by atoms with van der Waals surface area (Å²) in [5, 5.41) is 0. The van der Waals surface area contributed by atoms with Crippen molar-refractivity contribution >= 4 is 0 Å². The van der Waals surface area contributed by atoms with Crippen LogP contribution in [0.15, 0.2) is 0 Å². The molecule has 0 aliphatic carbocycles. The Balaban J connectivity index is 2.53. The van der Waals surface area contributed by atoms with Gasteiger partial charge in [-0.25, -0.2) is 0 Å². The van der Waals surface area contributed by atoms with Crippen LogP contribution in [0.1, 0.15) is 47.0 Å². The number of likely N-dealkylation sites (tertiary alicyclic amines) is 1. The first-order valence-electron chi connectivity index (χ1n) is 6.41. The minimum absolute atomic E-state index is 0.398. The highest BCUT2D eigenvalue weighted by Gasteiger charge is 2.33. The Kier molecular flexibility index (Phi) is 4.60. The van der Waals surface area contributed by atoms with Gasteiger partial charge < -0.3 is 5.73 Å². The molecule has 1 atom stereocenters. The lowest BCUT2D eigenvalue weighted by Gasteiger charge is -2.46. The van der Waals surface area contributed by atoms with Gasteiger partial charge in [-0.3, -0.25) is 4.90 Å². The van der Waals surface area contributed by atoms with Gasteiger partial charge in [-0.1, -0.05) is 13.8 Å². The summed E-state index contributed by atoms with van der Waals surface area (Å²) >= 11 is 0. The number of rotatable bonds is 4. The highest BCUT2D eigenvalue weighted by molar-refractivity contribution is 4.89. The smallest absolute Gasteiger partial charge is 0.0153 e. The second kappa shape index (κ2) is 5.31. The van der Waals surface area contributed by atoms with Gasteiger partial charge in [0, 0.05) is 18.6 Å². The first kappa shape index (κ1) is 13.0. The number of hydrogen-bond acceptors (Lipinski definition) is 2. The molecule has 0 aromatic rings. The van der Waals surface area contributed by atoms with Crippen LogP contribution in [0.4, 0.5) is 0 Å². The maximum atomic E-state index is 5.66. The Labute approximate surface area is 95.2 Å². The fourth-order valence-electron chi connectivity index (χ4n) is 2.60. The fourth-order valence-corrected chi connectivity index (χ4v) is 2.60. The molecule has 2 heteroatoms. The number of nitrogens with two attached hydrogens (primary N) is 1. The van der Waals surface area contributed by atoms with E-state index in [1.807, 2.05) is 0 Å². The molecule has 0 aromatic heterocycles. The van der Waals surface area contributed by atoms with Crippen molar-refractivity contribution in [3.8, 4) is 0 Å². The zero-order valence-corrected chi connectivity index (χ0v) is 10.9. The molecule has 2 nitrogen and oxygen atoms in total. The lowest BCUT2D eigenvalue weighted by atomic mass is 9.83. The maximum Gasteiger partial charge on any atom is 0.0153 e. The number of nitrogens with zero attached hydrogens (tertiary/aromatic N) is 1. The third-order valence-electron chi connectivity index (χ3n) is 3.66. The van der Waals surface area contributed by atoms with E-state index in [1.165, 1.54) is 32.4 Å². The summed E-state index contributed by atoms with van der Waals surface area (Å²) in [7, 11) is 0. The van der Waals surface area contributed by atoms with Crippen molar-refractivity contribution in [2.45, 2.75) is 52.5 Å². The molecule has 1 unspecified atom stereocenters. The Morgan fingerprint density at radius 1 is 1.40 bits per heavy atom.